The van der Waals surface area contributed by atoms with Gasteiger partial charge in [0, 0.05) is 23.7 Å². The molecule has 3 heteroatoms. The maximum Gasteiger partial charge on any atom is 0.258 e. The van der Waals surface area contributed by atoms with Crippen LogP contribution in [0.3, 0.4) is 0 Å². The van der Waals surface area contributed by atoms with Gasteiger partial charge in [-0.25, -0.2) is 0 Å². The van der Waals surface area contributed by atoms with Crippen LogP contribution in [0.4, 0.5) is 5.69 Å². The van der Waals surface area contributed by atoms with Crippen molar-refractivity contribution in [2.45, 2.75) is 0 Å². The molecule has 0 N–H and O–H groups in total. The van der Waals surface area contributed by atoms with Gasteiger partial charge in [-0.15, -0.1) is 0 Å². The minimum absolute atomic E-state index is 0.0112. The average Bonchev–Trinajstić information content (AvgIpc) is 2.73. The molecule has 1 aliphatic rings. The van der Waals surface area contributed by atoms with E-state index in [4.69, 9.17) is 4.74 Å². The molecule has 1 heterocycles. The number of likely N-dealkylation sites (N-methyl/N-ethyl adjacent to an activating group) is 1. The maximum atomic E-state index is 12.4. The van der Waals surface area contributed by atoms with Gasteiger partial charge in [0.15, 0.2) is 0 Å². The van der Waals surface area contributed by atoms with Gasteiger partial charge in [-0.2, -0.15) is 0 Å². The van der Waals surface area contributed by atoms with Crippen molar-refractivity contribution in [1.29, 1.82) is 0 Å². The first-order chi connectivity index (χ1) is 9.72. The zero-order chi connectivity index (χ0) is 14.1. The highest BCUT2D eigenvalue weighted by Gasteiger charge is 2.29. The number of anilines is 1. The summed E-state index contributed by atoms with van der Waals surface area (Å²) in [5.41, 5.74) is 3.51. The molecule has 3 nitrogen and oxygen atoms in total. The number of fused-ring (bicyclic) bond motifs is 1. The highest BCUT2D eigenvalue weighted by atomic mass is 16.5. The standard InChI is InChI=1S/C17H15NO2/c1-18-15-9-5-4-8-13(15)14(17(18)19)11-12-7-3-6-10-16(12)20-2/h3-11H,1-2H3/b14-11-. The van der Waals surface area contributed by atoms with Crippen molar-refractivity contribution in [2.24, 2.45) is 0 Å². The molecule has 0 bridgehead atoms. The molecular weight excluding hydrogens is 250 g/mol. The van der Waals surface area contributed by atoms with Gasteiger partial charge >= 0.3 is 0 Å². The van der Waals surface area contributed by atoms with Crippen molar-refractivity contribution in [3.05, 3.63) is 59.7 Å². The van der Waals surface area contributed by atoms with Crippen LogP contribution in [0.15, 0.2) is 48.5 Å². The van der Waals surface area contributed by atoms with Crippen molar-refractivity contribution in [2.75, 3.05) is 19.1 Å². The summed E-state index contributed by atoms with van der Waals surface area (Å²) in [6.07, 6.45) is 1.89. The van der Waals surface area contributed by atoms with Crippen LogP contribution in [0.2, 0.25) is 0 Å². The lowest BCUT2D eigenvalue weighted by atomic mass is 10.0. The summed E-state index contributed by atoms with van der Waals surface area (Å²) < 4.78 is 5.34. The Hall–Kier alpha value is -2.55. The summed E-state index contributed by atoms with van der Waals surface area (Å²) in [7, 11) is 3.43. The third-order valence-corrected chi connectivity index (χ3v) is 3.53. The Morgan fingerprint density at radius 1 is 1.05 bits per heavy atom. The molecule has 0 spiro atoms. The molecule has 1 amide bonds. The number of rotatable bonds is 2. The number of hydrogen-bond donors (Lipinski definition) is 0. The van der Waals surface area contributed by atoms with Crippen LogP contribution in [-0.4, -0.2) is 20.1 Å². The number of ether oxygens (including phenoxy) is 1. The van der Waals surface area contributed by atoms with Crippen LogP contribution in [-0.2, 0) is 4.79 Å². The molecule has 2 aromatic rings. The molecule has 0 aliphatic carbocycles. The number of amides is 1. The monoisotopic (exact) mass is 265 g/mol. The average molecular weight is 265 g/mol. The second kappa shape index (κ2) is 4.85. The largest absolute Gasteiger partial charge is 0.496 e. The predicted octanol–water partition coefficient (Wildman–Crippen LogP) is 3.21. The molecular formula is C17H15NO2. The predicted molar refractivity (Wildman–Crippen MR) is 80.7 cm³/mol. The van der Waals surface area contributed by atoms with Crippen LogP contribution in [0.25, 0.3) is 11.6 Å². The van der Waals surface area contributed by atoms with E-state index in [0.29, 0.717) is 5.57 Å². The lowest BCUT2D eigenvalue weighted by Crippen LogP contribution is -2.20. The number of benzene rings is 2. The molecule has 0 saturated carbocycles. The Morgan fingerprint density at radius 2 is 1.75 bits per heavy atom. The van der Waals surface area contributed by atoms with Crippen molar-refractivity contribution < 1.29 is 9.53 Å². The van der Waals surface area contributed by atoms with Crippen LogP contribution in [0.5, 0.6) is 5.75 Å². The number of carbonyl (C=O) groups is 1. The zero-order valence-electron chi connectivity index (χ0n) is 11.5. The van der Waals surface area contributed by atoms with Crippen LogP contribution in [0.1, 0.15) is 11.1 Å². The van der Waals surface area contributed by atoms with Gasteiger partial charge in [-0.3, -0.25) is 4.79 Å². The fraction of sp³-hybridized carbons (Fsp3) is 0.118. The van der Waals surface area contributed by atoms with Crippen molar-refractivity contribution in [3.63, 3.8) is 0 Å². The SMILES string of the molecule is COc1ccccc1/C=C1\C(=O)N(C)c2ccccc21. The Balaban J connectivity index is 2.15. The molecule has 2 aromatic carbocycles. The fourth-order valence-corrected chi connectivity index (χ4v) is 2.48. The second-order valence-electron chi connectivity index (χ2n) is 4.68. The van der Waals surface area contributed by atoms with Crippen molar-refractivity contribution in [1.82, 2.24) is 0 Å². The van der Waals surface area contributed by atoms with Gasteiger partial charge in [-0.05, 0) is 18.2 Å². The van der Waals surface area contributed by atoms with Crippen molar-refractivity contribution >= 4 is 23.2 Å². The first-order valence-electron chi connectivity index (χ1n) is 6.44. The first-order valence-corrected chi connectivity index (χ1v) is 6.44. The molecule has 0 radical (unpaired) electrons. The van der Waals surface area contributed by atoms with Gasteiger partial charge in [-0.1, -0.05) is 36.4 Å². The lowest BCUT2D eigenvalue weighted by molar-refractivity contribution is -0.112. The number of hydrogen-bond acceptors (Lipinski definition) is 2. The molecule has 1 aliphatic heterocycles. The summed E-state index contributed by atoms with van der Waals surface area (Å²) in [5.74, 6) is 0.775. The van der Waals surface area contributed by atoms with E-state index < -0.39 is 0 Å². The smallest absolute Gasteiger partial charge is 0.258 e. The van der Waals surface area contributed by atoms with Crippen molar-refractivity contribution in [3.8, 4) is 5.75 Å². The third-order valence-electron chi connectivity index (χ3n) is 3.53. The molecule has 0 saturated heterocycles. The Kier molecular flexibility index (Phi) is 3.03. The van der Waals surface area contributed by atoms with E-state index in [1.165, 1.54) is 0 Å². The van der Waals surface area contributed by atoms with Gasteiger partial charge in [0.1, 0.15) is 5.75 Å². The van der Waals surface area contributed by atoms with Crippen LogP contribution >= 0.6 is 0 Å². The van der Waals surface area contributed by atoms with E-state index in [1.54, 1.807) is 19.1 Å². The third kappa shape index (κ3) is 1.88. The fourth-order valence-electron chi connectivity index (χ4n) is 2.48. The second-order valence-corrected chi connectivity index (χ2v) is 4.68. The molecule has 0 fully saturated rings. The maximum absolute atomic E-state index is 12.4. The van der Waals surface area contributed by atoms with E-state index in [0.717, 1.165) is 22.6 Å². The number of carbonyl (C=O) groups excluding carboxylic acids is 1. The molecule has 0 unspecified atom stereocenters. The Bertz CT molecular complexity index is 704. The van der Waals surface area contributed by atoms with E-state index in [-0.39, 0.29) is 5.91 Å². The highest BCUT2D eigenvalue weighted by molar-refractivity contribution is 6.35. The highest BCUT2D eigenvalue weighted by Crippen LogP contribution is 2.37. The zero-order valence-corrected chi connectivity index (χ0v) is 11.5. The quantitative estimate of drug-likeness (QED) is 0.780. The molecule has 20 heavy (non-hydrogen) atoms. The minimum Gasteiger partial charge on any atom is -0.496 e. The topological polar surface area (TPSA) is 29.5 Å². The first kappa shape index (κ1) is 12.5. The summed E-state index contributed by atoms with van der Waals surface area (Å²) in [5, 5.41) is 0. The van der Waals surface area contributed by atoms with E-state index in [1.807, 2.05) is 54.6 Å². The summed E-state index contributed by atoms with van der Waals surface area (Å²) >= 11 is 0. The Labute approximate surface area is 118 Å². The van der Waals surface area contributed by atoms with Crippen LogP contribution in [0, 0.1) is 0 Å². The van der Waals surface area contributed by atoms with Gasteiger partial charge in [0.05, 0.1) is 12.8 Å². The van der Waals surface area contributed by atoms with E-state index in [2.05, 4.69) is 0 Å². The summed E-state index contributed by atoms with van der Waals surface area (Å²) in [6, 6.07) is 15.5. The van der Waals surface area contributed by atoms with E-state index >= 15 is 0 Å². The number of para-hydroxylation sites is 2. The van der Waals surface area contributed by atoms with Crippen LogP contribution < -0.4 is 9.64 Å². The number of methoxy groups -OCH3 is 1. The van der Waals surface area contributed by atoms with Gasteiger partial charge in [0.2, 0.25) is 0 Å². The molecule has 100 valence electrons. The number of nitrogens with zero attached hydrogens (tertiary/aromatic N) is 1. The van der Waals surface area contributed by atoms with Gasteiger partial charge in [0.25, 0.3) is 5.91 Å². The summed E-state index contributed by atoms with van der Waals surface area (Å²) in [6.45, 7) is 0. The summed E-state index contributed by atoms with van der Waals surface area (Å²) in [4.78, 5) is 14.1. The Morgan fingerprint density at radius 3 is 2.55 bits per heavy atom. The molecule has 3 rings (SSSR count). The van der Waals surface area contributed by atoms with E-state index in [9.17, 15) is 4.79 Å². The normalized spacial score (nSPS) is 15.6. The minimum atomic E-state index is 0.0112. The molecule has 0 aromatic heterocycles. The molecule has 0 atom stereocenters. The van der Waals surface area contributed by atoms with Gasteiger partial charge < -0.3 is 9.64 Å². The lowest BCUT2D eigenvalue weighted by Gasteiger charge is -2.08.